The van der Waals surface area contributed by atoms with Crippen molar-refractivity contribution in [3.63, 3.8) is 0 Å². The molecule has 37 heavy (non-hydrogen) atoms. The molecule has 9 nitrogen and oxygen atoms in total. The molecule has 5 aliphatic rings. The Labute approximate surface area is 220 Å². The molecule has 5 unspecified atom stereocenters. The van der Waals surface area contributed by atoms with Crippen molar-refractivity contribution in [2.24, 2.45) is 23.2 Å². The van der Waals surface area contributed by atoms with Crippen molar-refractivity contribution in [2.75, 3.05) is 52.5 Å². The van der Waals surface area contributed by atoms with E-state index >= 15 is 0 Å². The third-order valence-corrected chi connectivity index (χ3v) is 9.30. The lowest BCUT2D eigenvalue weighted by Gasteiger charge is -2.55. The van der Waals surface area contributed by atoms with Gasteiger partial charge < -0.3 is 10.1 Å². The fourth-order valence-electron chi connectivity index (χ4n) is 7.30. The molecule has 5 fully saturated rings. The minimum Gasteiger partial charge on any atom is -0.380 e. The summed E-state index contributed by atoms with van der Waals surface area (Å²) in [6.45, 7) is 10.7. The van der Waals surface area contributed by atoms with Gasteiger partial charge in [-0.15, -0.1) is 0 Å². The summed E-state index contributed by atoms with van der Waals surface area (Å²) in [6.07, 6.45) is 6.32. The van der Waals surface area contributed by atoms with Crippen LogP contribution in [0.3, 0.4) is 0 Å². The van der Waals surface area contributed by atoms with E-state index in [1.165, 1.54) is 12.8 Å². The standard InChI is InChI=1S/C28H42N6O3/c1-19(2)24(33-13-20-8-9-21(20)25(33)22-7-3-4-10-29-22)26(35)31-23(27(36)34-12-6-5-11-30-34)14-32-15-28(16-32)17-37-18-28/h3-4,7,10,19-21,23-25,30H,5-6,8-9,11-18H2,1-2H3,(H,31,35). The van der Waals surface area contributed by atoms with E-state index in [1.54, 1.807) is 5.01 Å². The second-order valence-electron chi connectivity index (χ2n) is 12.4. The number of hydrogen-bond donors (Lipinski definition) is 2. The van der Waals surface area contributed by atoms with Crippen molar-refractivity contribution >= 4 is 11.8 Å². The van der Waals surface area contributed by atoms with Gasteiger partial charge in [0.1, 0.15) is 6.04 Å². The number of hydrogen-bond acceptors (Lipinski definition) is 7. The SMILES string of the molecule is CC(C)C(C(=O)NC(CN1CC2(COC2)C1)C(=O)N1CCCCN1)N1CC2CCC2C1c1ccccn1. The van der Waals surface area contributed by atoms with Gasteiger partial charge in [-0.25, -0.2) is 5.43 Å². The molecule has 5 heterocycles. The Morgan fingerprint density at radius 3 is 2.65 bits per heavy atom. The van der Waals surface area contributed by atoms with Crippen molar-refractivity contribution in [3.8, 4) is 0 Å². The molecule has 202 valence electrons. The predicted molar refractivity (Wildman–Crippen MR) is 139 cm³/mol. The minimum atomic E-state index is -0.565. The zero-order valence-electron chi connectivity index (χ0n) is 22.3. The van der Waals surface area contributed by atoms with Gasteiger partial charge in [0.15, 0.2) is 0 Å². The molecule has 0 aromatic carbocycles. The summed E-state index contributed by atoms with van der Waals surface area (Å²) in [5.74, 6) is 1.24. The molecule has 1 aliphatic carbocycles. The lowest BCUT2D eigenvalue weighted by atomic mass is 9.72. The molecule has 4 saturated heterocycles. The normalized spacial score (nSPS) is 30.7. The van der Waals surface area contributed by atoms with Crippen LogP contribution in [0.15, 0.2) is 24.4 Å². The van der Waals surface area contributed by atoms with Gasteiger partial charge in [0.05, 0.1) is 31.0 Å². The van der Waals surface area contributed by atoms with Gasteiger partial charge in [0, 0.05) is 50.9 Å². The molecule has 1 aromatic rings. The van der Waals surface area contributed by atoms with Crippen LogP contribution in [0, 0.1) is 23.2 Å². The van der Waals surface area contributed by atoms with Crippen LogP contribution in [0.1, 0.15) is 51.3 Å². The van der Waals surface area contributed by atoms with Crippen LogP contribution in [0.4, 0.5) is 0 Å². The van der Waals surface area contributed by atoms with Crippen LogP contribution >= 0.6 is 0 Å². The Bertz CT molecular complexity index is 971. The largest absolute Gasteiger partial charge is 0.380 e. The van der Waals surface area contributed by atoms with Gasteiger partial charge in [-0.05, 0) is 55.6 Å². The molecule has 9 heteroatoms. The van der Waals surface area contributed by atoms with E-state index in [0.717, 1.165) is 57.9 Å². The molecule has 2 amide bonds. The maximum absolute atomic E-state index is 14.1. The quantitative estimate of drug-likeness (QED) is 0.547. The summed E-state index contributed by atoms with van der Waals surface area (Å²) >= 11 is 0. The predicted octanol–water partition coefficient (Wildman–Crippen LogP) is 1.43. The number of nitrogens with one attached hydrogen (secondary N) is 2. The summed E-state index contributed by atoms with van der Waals surface area (Å²) in [4.78, 5) is 37.1. The number of nitrogens with zero attached hydrogens (tertiary/aromatic N) is 4. The number of carbonyl (C=O) groups excluding carboxylic acids is 2. The molecule has 0 radical (unpaired) electrons. The highest BCUT2D eigenvalue weighted by molar-refractivity contribution is 5.90. The van der Waals surface area contributed by atoms with E-state index in [1.807, 2.05) is 18.3 Å². The highest BCUT2D eigenvalue weighted by Crippen LogP contribution is 2.52. The van der Waals surface area contributed by atoms with E-state index in [2.05, 4.69) is 40.5 Å². The number of carbonyl (C=O) groups is 2. The zero-order chi connectivity index (χ0) is 25.6. The lowest BCUT2D eigenvalue weighted by Crippen LogP contribution is -2.69. The first-order valence-electron chi connectivity index (χ1n) is 14.3. The highest BCUT2D eigenvalue weighted by atomic mass is 16.5. The minimum absolute atomic E-state index is 0.0240. The van der Waals surface area contributed by atoms with Crippen LogP contribution in [0.2, 0.25) is 0 Å². The summed E-state index contributed by atoms with van der Waals surface area (Å²) in [5.41, 5.74) is 4.58. The number of likely N-dealkylation sites (tertiary alicyclic amines) is 2. The van der Waals surface area contributed by atoms with Gasteiger partial charge in [-0.2, -0.15) is 0 Å². The fraction of sp³-hybridized carbons (Fsp3) is 0.750. The first-order valence-corrected chi connectivity index (χ1v) is 14.3. The Morgan fingerprint density at radius 1 is 1.22 bits per heavy atom. The van der Waals surface area contributed by atoms with Crippen molar-refractivity contribution in [1.82, 2.24) is 30.5 Å². The van der Waals surface area contributed by atoms with Crippen molar-refractivity contribution < 1.29 is 14.3 Å². The number of amides is 2. The number of hydrazine groups is 1. The number of fused-ring (bicyclic) bond motifs is 1. The monoisotopic (exact) mass is 510 g/mol. The van der Waals surface area contributed by atoms with Crippen molar-refractivity contribution in [2.45, 2.75) is 57.7 Å². The highest BCUT2D eigenvalue weighted by Gasteiger charge is 2.53. The lowest BCUT2D eigenvalue weighted by molar-refractivity contribution is -0.191. The molecular formula is C28H42N6O3. The first kappa shape index (κ1) is 25.2. The van der Waals surface area contributed by atoms with Crippen LogP contribution < -0.4 is 10.7 Å². The fourth-order valence-corrected chi connectivity index (χ4v) is 7.30. The Balaban J connectivity index is 1.20. The van der Waals surface area contributed by atoms with E-state index in [-0.39, 0.29) is 35.2 Å². The number of pyridine rings is 1. The maximum atomic E-state index is 14.1. The third kappa shape index (κ3) is 4.80. The van der Waals surface area contributed by atoms with E-state index in [4.69, 9.17) is 9.72 Å². The smallest absolute Gasteiger partial charge is 0.260 e. The van der Waals surface area contributed by atoms with Crippen LogP contribution in [-0.4, -0.2) is 96.2 Å². The van der Waals surface area contributed by atoms with E-state index in [0.29, 0.717) is 24.9 Å². The zero-order valence-corrected chi connectivity index (χ0v) is 22.3. The van der Waals surface area contributed by atoms with Gasteiger partial charge >= 0.3 is 0 Å². The number of aromatic nitrogens is 1. The Kier molecular flexibility index (Phi) is 6.98. The molecule has 1 spiro atoms. The van der Waals surface area contributed by atoms with Crippen molar-refractivity contribution in [3.05, 3.63) is 30.1 Å². The van der Waals surface area contributed by atoms with Gasteiger partial charge in [-0.3, -0.25) is 29.4 Å². The molecule has 4 aliphatic heterocycles. The molecule has 1 saturated carbocycles. The second-order valence-corrected chi connectivity index (χ2v) is 12.4. The summed E-state index contributed by atoms with van der Waals surface area (Å²) in [5, 5.41) is 4.98. The van der Waals surface area contributed by atoms with Gasteiger partial charge in [0.2, 0.25) is 5.91 Å². The van der Waals surface area contributed by atoms with E-state index < -0.39 is 6.04 Å². The summed E-state index contributed by atoms with van der Waals surface area (Å²) in [7, 11) is 0. The Hall–Kier alpha value is -2.07. The number of ether oxygens (including phenoxy) is 1. The second kappa shape index (κ2) is 10.2. The molecule has 5 atom stereocenters. The number of rotatable bonds is 8. The molecular weight excluding hydrogens is 468 g/mol. The van der Waals surface area contributed by atoms with Crippen molar-refractivity contribution in [1.29, 1.82) is 0 Å². The first-order chi connectivity index (χ1) is 17.9. The maximum Gasteiger partial charge on any atom is 0.260 e. The summed E-state index contributed by atoms with van der Waals surface area (Å²) in [6, 6.07) is 5.39. The van der Waals surface area contributed by atoms with Crippen LogP contribution in [0.5, 0.6) is 0 Å². The average molecular weight is 511 g/mol. The summed E-state index contributed by atoms with van der Waals surface area (Å²) < 4.78 is 5.43. The molecule has 2 N–H and O–H groups in total. The van der Waals surface area contributed by atoms with Gasteiger partial charge in [0.25, 0.3) is 5.91 Å². The van der Waals surface area contributed by atoms with Crippen LogP contribution in [0.25, 0.3) is 0 Å². The molecule has 0 bridgehead atoms. The van der Waals surface area contributed by atoms with E-state index in [9.17, 15) is 9.59 Å². The Morgan fingerprint density at radius 2 is 2.05 bits per heavy atom. The average Bonchev–Trinajstić information content (AvgIpc) is 3.09. The molecule has 6 rings (SSSR count). The topological polar surface area (TPSA) is 90.0 Å². The van der Waals surface area contributed by atoms with Crippen LogP contribution in [-0.2, 0) is 14.3 Å². The third-order valence-electron chi connectivity index (χ3n) is 9.30. The molecule has 1 aromatic heterocycles. The van der Waals surface area contributed by atoms with Gasteiger partial charge in [-0.1, -0.05) is 19.9 Å².